The zero-order valence-corrected chi connectivity index (χ0v) is 6.14. The molecular formula is C10H12. The van der Waals surface area contributed by atoms with Crippen LogP contribution in [0.15, 0.2) is 35.8 Å². The molecule has 0 bridgehead atoms. The minimum Gasteiger partial charge on any atom is -0.129 e. The van der Waals surface area contributed by atoms with Gasteiger partial charge in [-0.1, -0.05) is 0 Å². The first-order valence-corrected chi connectivity index (χ1v) is 3.79. The fourth-order valence-corrected chi connectivity index (χ4v) is 0.850. The molecule has 0 radical (unpaired) electrons. The second kappa shape index (κ2) is 4.88. The van der Waals surface area contributed by atoms with Gasteiger partial charge in [-0.3, -0.25) is 0 Å². The Bertz CT molecular complexity index is 174. The molecule has 1 aliphatic rings. The number of allylic oxidation sites excluding steroid dienone is 2. The number of hydrogen-bond acceptors (Lipinski definition) is 0. The van der Waals surface area contributed by atoms with E-state index in [0.717, 1.165) is 19.3 Å². The molecule has 0 atom stereocenters. The highest BCUT2D eigenvalue weighted by Crippen LogP contribution is 1.98. The van der Waals surface area contributed by atoms with E-state index in [1.165, 1.54) is 6.42 Å². The molecule has 10 heavy (non-hydrogen) atoms. The Morgan fingerprint density at radius 3 is 2.00 bits per heavy atom. The van der Waals surface area contributed by atoms with E-state index in [4.69, 9.17) is 0 Å². The summed E-state index contributed by atoms with van der Waals surface area (Å²) in [7, 11) is 0. The lowest BCUT2D eigenvalue weighted by Crippen LogP contribution is -1.67. The van der Waals surface area contributed by atoms with Gasteiger partial charge < -0.3 is 0 Å². The van der Waals surface area contributed by atoms with Gasteiger partial charge in [-0.25, -0.2) is 0 Å². The van der Waals surface area contributed by atoms with Gasteiger partial charge in [-0.05, 0) is 50.0 Å². The summed E-state index contributed by atoms with van der Waals surface area (Å²) in [6, 6.07) is 0. The van der Waals surface area contributed by atoms with E-state index in [9.17, 15) is 0 Å². The van der Waals surface area contributed by atoms with Crippen LogP contribution < -0.4 is 0 Å². The molecule has 0 heteroatoms. The zero-order chi connectivity index (χ0) is 7.07. The third-order valence-electron chi connectivity index (χ3n) is 1.40. The Hall–Kier alpha value is -0.960. The third-order valence-corrected chi connectivity index (χ3v) is 1.40. The summed E-state index contributed by atoms with van der Waals surface area (Å²) in [6.45, 7) is 0. The zero-order valence-electron chi connectivity index (χ0n) is 6.14. The molecule has 0 aromatic carbocycles. The molecule has 0 aliphatic heterocycles. The smallest absolute Gasteiger partial charge is 0.00170 e. The van der Waals surface area contributed by atoms with Crippen LogP contribution in [0.2, 0.25) is 0 Å². The predicted molar refractivity (Wildman–Crippen MR) is 43.8 cm³/mol. The normalized spacial score (nSPS) is 17.6. The monoisotopic (exact) mass is 132 g/mol. The van der Waals surface area contributed by atoms with Crippen LogP contribution >= 0.6 is 0 Å². The summed E-state index contributed by atoms with van der Waals surface area (Å²) in [5.74, 6) is 0. The maximum absolute atomic E-state index is 3.12. The van der Waals surface area contributed by atoms with Gasteiger partial charge in [0.15, 0.2) is 0 Å². The van der Waals surface area contributed by atoms with E-state index >= 15 is 0 Å². The fraction of sp³-hybridized carbons (Fsp3) is 0.400. The maximum Gasteiger partial charge on any atom is -0.00170 e. The Labute approximate surface area is 62.3 Å². The Kier molecular flexibility index (Phi) is 3.49. The van der Waals surface area contributed by atoms with Crippen LogP contribution in [0.1, 0.15) is 25.7 Å². The first kappa shape index (κ1) is 7.15. The predicted octanol–water partition coefficient (Wildman–Crippen LogP) is 2.98. The average molecular weight is 132 g/mol. The Morgan fingerprint density at radius 1 is 0.800 bits per heavy atom. The number of hydrogen-bond donors (Lipinski definition) is 0. The van der Waals surface area contributed by atoms with Crippen molar-refractivity contribution in [2.75, 3.05) is 0 Å². The summed E-state index contributed by atoms with van der Waals surface area (Å²) in [6.07, 6.45) is 12.8. The molecule has 0 saturated carbocycles. The van der Waals surface area contributed by atoms with Crippen LogP contribution in [-0.2, 0) is 0 Å². The molecule has 1 aliphatic carbocycles. The first-order valence-electron chi connectivity index (χ1n) is 3.79. The van der Waals surface area contributed by atoms with E-state index in [-0.39, 0.29) is 0 Å². The summed E-state index contributed by atoms with van der Waals surface area (Å²) in [4.78, 5) is 0. The van der Waals surface area contributed by atoms with Crippen molar-refractivity contribution in [1.29, 1.82) is 0 Å². The summed E-state index contributed by atoms with van der Waals surface area (Å²) < 4.78 is 0. The van der Waals surface area contributed by atoms with Crippen LogP contribution in [-0.4, -0.2) is 0 Å². The van der Waals surface area contributed by atoms with Gasteiger partial charge >= 0.3 is 0 Å². The average Bonchev–Trinajstić information content (AvgIpc) is 2.01. The lowest BCUT2D eigenvalue weighted by Gasteiger charge is -1.86. The lowest BCUT2D eigenvalue weighted by molar-refractivity contribution is 0.869. The minimum absolute atomic E-state index is 0.965. The molecular weight excluding hydrogens is 120 g/mol. The molecule has 0 nitrogen and oxygen atoms in total. The fourth-order valence-electron chi connectivity index (χ4n) is 0.850. The highest BCUT2D eigenvalue weighted by Gasteiger charge is 1.79. The molecule has 0 unspecified atom stereocenters. The second-order valence-electron chi connectivity index (χ2n) is 2.32. The van der Waals surface area contributed by atoms with Gasteiger partial charge in [0, 0.05) is 0 Å². The van der Waals surface area contributed by atoms with Crippen molar-refractivity contribution in [3.05, 3.63) is 35.8 Å². The SMILES string of the molecule is C1=CCC=C=CCCCC=1. The Balaban J connectivity index is 2.53. The van der Waals surface area contributed by atoms with Crippen LogP contribution in [0, 0.1) is 0 Å². The van der Waals surface area contributed by atoms with E-state index in [1.807, 2.05) is 12.2 Å². The summed E-state index contributed by atoms with van der Waals surface area (Å²) in [5.41, 5.74) is 6.24. The summed E-state index contributed by atoms with van der Waals surface area (Å²) >= 11 is 0. The molecule has 52 valence electrons. The van der Waals surface area contributed by atoms with Gasteiger partial charge in [0.2, 0.25) is 0 Å². The van der Waals surface area contributed by atoms with Crippen LogP contribution in [0.25, 0.3) is 0 Å². The molecule has 0 aromatic rings. The highest BCUT2D eigenvalue weighted by atomic mass is 13.8. The number of rotatable bonds is 0. The molecule has 0 spiro atoms. The van der Waals surface area contributed by atoms with E-state index in [1.54, 1.807) is 0 Å². The summed E-state index contributed by atoms with van der Waals surface area (Å²) in [5, 5.41) is 0. The lowest BCUT2D eigenvalue weighted by atomic mass is 10.2. The van der Waals surface area contributed by atoms with Gasteiger partial charge in [0.1, 0.15) is 0 Å². The molecule has 0 heterocycles. The topological polar surface area (TPSA) is 0 Å². The van der Waals surface area contributed by atoms with Gasteiger partial charge in [0.05, 0.1) is 0 Å². The molecule has 0 aromatic heterocycles. The van der Waals surface area contributed by atoms with Crippen LogP contribution in [0.3, 0.4) is 0 Å². The van der Waals surface area contributed by atoms with Crippen molar-refractivity contribution in [2.24, 2.45) is 0 Å². The first-order chi connectivity index (χ1) is 5.00. The highest BCUT2D eigenvalue weighted by molar-refractivity contribution is 4.95. The third kappa shape index (κ3) is 3.14. The van der Waals surface area contributed by atoms with E-state index in [0.29, 0.717) is 0 Å². The van der Waals surface area contributed by atoms with Crippen molar-refractivity contribution >= 4 is 0 Å². The standard InChI is InChI=1S/C10H12/c1-2-4-6-8-10-9-7-5-3-1/h1,4-5,8H,2,7,9-10H2. The van der Waals surface area contributed by atoms with Crippen molar-refractivity contribution in [3.63, 3.8) is 0 Å². The largest absolute Gasteiger partial charge is 0.129 e. The molecule has 1 rings (SSSR count). The minimum atomic E-state index is 0.965. The van der Waals surface area contributed by atoms with Crippen molar-refractivity contribution < 1.29 is 0 Å². The molecule has 0 fully saturated rings. The Morgan fingerprint density at radius 2 is 1.40 bits per heavy atom. The van der Waals surface area contributed by atoms with Gasteiger partial charge in [-0.15, -0.1) is 11.5 Å². The van der Waals surface area contributed by atoms with E-state index < -0.39 is 0 Å². The van der Waals surface area contributed by atoms with Crippen LogP contribution in [0.5, 0.6) is 0 Å². The quantitative estimate of drug-likeness (QED) is 0.444. The van der Waals surface area contributed by atoms with Crippen LogP contribution in [0.4, 0.5) is 0 Å². The second-order valence-corrected chi connectivity index (χ2v) is 2.32. The molecule has 0 N–H and O–H groups in total. The molecule has 0 saturated heterocycles. The van der Waals surface area contributed by atoms with Crippen molar-refractivity contribution in [2.45, 2.75) is 25.7 Å². The van der Waals surface area contributed by atoms with Gasteiger partial charge in [-0.2, -0.15) is 0 Å². The maximum atomic E-state index is 3.12. The van der Waals surface area contributed by atoms with Gasteiger partial charge in [0.25, 0.3) is 0 Å². The van der Waals surface area contributed by atoms with Crippen molar-refractivity contribution in [1.82, 2.24) is 0 Å². The molecule has 0 amide bonds. The van der Waals surface area contributed by atoms with Crippen molar-refractivity contribution in [3.8, 4) is 0 Å². The van der Waals surface area contributed by atoms with E-state index in [2.05, 4.69) is 23.6 Å².